The van der Waals surface area contributed by atoms with E-state index in [-0.39, 0.29) is 18.1 Å². The van der Waals surface area contributed by atoms with Gasteiger partial charge in [-0.3, -0.25) is 4.79 Å². The minimum atomic E-state index is -3.44. The molecule has 0 unspecified atom stereocenters. The van der Waals surface area contributed by atoms with Gasteiger partial charge in [0.05, 0.1) is 5.25 Å². The Bertz CT molecular complexity index is 341. The minimum absolute atomic E-state index is 0.255. The van der Waals surface area contributed by atoms with Crippen molar-refractivity contribution in [3.05, 3.63) is 0 Å². The average molecular weight is 235 g/mol. The highest BCUT2D eigenvalue weighted by Gasteiger charge is 2.44. The Morgan fingerprint density at radius 1 is 1.40 bits per heavy atom. The normalized spacial score (nSPS) is 17.7. The summed E-state index contributed by atoms with van der Waals surface area (Å²) in [6.45, 7) is 3.35. The van der Waals surface area contributed by atoms with E-state index in [1.54, 1.807) is 13.8 Å². The number of nitrogens with one attached hydrogen (secondary N) is 1. The minimum Gasteiger partial charge on any atom is -0.480 e. The first-order valence-electron chi connectivity index (χ1n) is 5.14. The number of rotatable bonds is 6. The summed E-state index contributed by atoms with van der Waals surface area (Å²) in [5.74, 6) is -1.10. The summed E-state index contributed by atoms with van der Waals surface area (Å²) >= 11 is 0. The predicted octanol–water partition coefficient (Wildman–Crippen LogP) is 0.712. The standard InChI is InChI=1S/C9H17NO4S/c1-3-9(4-2,8(11)12)10-15(13,14)7-5-6-7/h7,10H,3-6H2,1-2H3,(H,11,12). The molecule has 0 bridgehead atoms. The molecule has 0 spiro atoms. The third kappa shape index (κ3) is 2.49. The van der Waals surface area contributed by atoms with Gasteiger partial charge in [0.1, 0.15) is 5.54 Å². The van der Waals surface area contributed by atoms with Gasteiger partial charge in [0, 0.05) is 0 Å². The largest absolute Gasteiger partial charge is 0.480 e. The van der Waals surface area contributed by atoms with Crippen molar-refractivity contribution in [2.75, 3.05) is 0 Å². The van der Waals surface area contributed by atoms with E-state index in [1.807, 2.05) is 0 Å². The van der Waals surface area contributed by atoms with E-state index >= 15 is 0 Å². The fourth-order valence-corrected chi connectivity index (χ4v) is 3.32. The van der Waals surface area contributed by atoms with Gasteiger partial charge in [0.15, 0.2) is 0 Å². The quantitative estimate of drug-likeness (QED) is 0.710. The first-order valence-corrected chi connectivity index (χ1v) is 6.69. The summed E-state index contributed by atoms with van der Waals surface area (Å²) in [4.78, 5) is 11.1. The Labute approximate surface area is 89.9 Å². The smallest absolute Gasteiger partial charge is 0.324 e. The number of carboxylic acid groups (broad SMARTS) is 1. The number of aliphatic carboxylic acids is 1. The molecule has 0 aromatic rings. The Hall–Kier alpha value is -0.620. The average Bonchev–Trinajstić information content (AvgIpc) is 2.96. The predicted molar refractivity (Wildman–Crippen MR) is 56.0 cm³/mol. The van der Waals surface area contributed by atoms with Crippen LogP contribution in [0.1, 0.15) is 39.5 Å². The monoisotopic (exact) mass is 235 g/mol. The second-order valence-electron chi connectivity index (χ2n) is 3.94. The molecular weight excluding hydrogens is 218 g/mol. The Morgan fingerprint density at radius 2 is 1.87 bits per heavy atom. The van der Waals surface area contributed by atoms with Gasteiger partial charge in [0.2, 0.25) is 10.0 Å². The van der Waals surface area contributed by atoms with Crippen LogP contribution in [0.2, 0.25) is 0 Å². The molecule has 6 heteroatoms. The molecule has 0 aromatic heterocycles. The van der Waals surface area contributed by atoms with Crippen molar-refractivity contribution in [2.45, 2.75) is 50.3 Å². The molecule has 0 amide bonds. The van der Waals surface area contributed by atoms with Crippen LogP contribution >= 0.6 is 0 Å². The van der Waals surface area contributed by atoms with E-state index in [0.29, 0.717) is 12.8 Å². The molecular formula is C9H17NO4S. The number of carboxylic acids is 1. The SMILES string of the molecule is CCC(CC)(NS(=O)(=O)C1CC1)C(=O)O. The van der Waals surface area contributed by atoms with Gasteiger partial charge in [-0.05, 0) is 25.7 Å². The first-order chi connectivity index (χ1) is 6.88. The van der Waals surface area contributed by atoms with Crippen molar-refractivity contribution in [1.82, 2.24) is 4.72 Å². The van der Waals surface area contributed by atoms with Crippen LogP contribution in [-0.2, 0) is 14.8 Å². The van der Waals surface area contributed by atoms with Gasteiger partial charge in [-0.1, -0.05) is 13.8 Å². The maximum atomic E-state index is 11.7. The van der Waals surface area contributed by atoms with Gasteiger partial charge in [-0.2, -0.15) is 4.72 Å². The third-order valence-corrected chi connectivity index (χ3v) is 4.94. The van der Waals surface area contributed by atoms with Crippen molar-refractivity contribution in [1.29, 1.82) is 0 Å². The highest BCUT2D eigenvalue weighted by Crippen LogP contribution is 2.30. The Balaban J connectivity index is 2.87. The van der Waals surface area contributed by atoms with E-state index < -0.39 is 21.5 Å². The lowest BCUT2D eigenvalue weighted by Gasteiger charge is -2.27. The fourth-order valence-electron chi connectivity index (χ4n) is 1.47. The van der Waals surface area contributed by atoms with Crippen LogP contribution in [0.25, 0.3) is 0 Å². The van der Waals surface area contributed by atoms with E-state index in [2.05, 4.69) is 4.72 Å². The molecule has 88 valence electrons. The Kier molecular flexibility index (Phi) is 3.40. The molecule has 0 radical (unpaired) electrons. The van der Waals surface area contributed by atoms with Crippen molar-refractivity contribution in [2.24, 2.45) is 0 Å². The van der Waals surface area contributed by atoms with E-state index in [1.165, 1.54) is 0 Å². The van der Waals surface area contributed by atoms with Gasteiger partial charge in [-0.15, -0.1) is 0 Å². The maximum Gasteiger partial charge on any atom is 0.324 e. The zero-order chi connectivity index (χ0) is 11.7. The molecule has 15 heavy (non-hydrogen) atoms. The molecule has 0 aliphatic heterocycles. The molecule has 5 nitrogen and oxygen atoms in total. The summed E-state index contributed by atoms with van der Waals surface area (Å²) in [7, 11) is -3.44. The molecule has 0 heterocycles. The van der Waals surface area contributed by atoms with Gasteiger partial charge >= 0.3 is 5.97 Å². The van der Waals surface area contributed by atoms with E-state index in [0.717, 1.165) is 0 Å². The molecule has 1 rings (SSSR count). The van der Waals surface area contributed by atoms with Gasteiger partial charge in [-0.25, -0.2) is 8.42 Å². The lowest BCUT2D eigenvalue weighted by atomic mass is 9.95. The van der Waals surface area contributed by atoms with Gasteiger partial charge in [0.25, 0.3) is 0 Å². The molecule has 1 saturated carbocycles. The van der Waals surface area contributed by atoms with Crippen LogP contribution in [0.3, 0.4) is 0 Å². The number of hydrogen-bond acceptors (Lipinski definition) is 3. The van der Waals surface area contributed by atoms with Crippen LogP contribution in [-0.4, -0.2) is 30.3 Å². The van der Waals surface area contributed by atoms with Crippen LogP contribution in [0.4, 0.5) is 0 Å². The molecule has 1 aliphatic carbocycles. The first kappa shape index (κ1) is 12.4. The summed E-state index contributed by atoms with van der Waals surface area (Å²) in [6, 6.07) is 0. The molecule has 1 fully saturated rings. The number of carbonyl (C=O) groups is 1. The zero-order valence-electron chi connectivity index (χ0n) is 8.99. The second kappa shape index (κ2) is 4.09. The zero-order valence-corrected chi connectivity index (χ0v) is 9.80. The van der Waals surface area contributed by atoms with Crippen LogP contribution in [0.5, 0.6) is 0 Å². The summed E-state index contributed by atoms with van der Waals surface area (Å²) in [5, 5.41) is 8.68. The van der Waals surface area contributed by atoms with Crippen molar-refractivity contribution in [3.63, 3.8) is 0 Å². The molecule has 0 saturated heterocycles. The van der Waals surface area contributed by atoms with Crippen molar-refractivity contribution in [3.8, 4) is 0 Å². The highest BCUT2D eigenvalue weighted by atomic mass is 32.2. The van der Waals surface area contributed by atoms with Crippen molar-refractivity contribution < 1.29 is 18.3 Å². The lowest BCUT2D eigenvalue weighted by molar-refractivity contribution is -0.144. The second-order valence-corrected chi connectivity index (χ2v) is 5.90. The summed E-state index contributed by atoms with van der Waals surface area (Å²) in [6.07, 6.45) is 1.78. The Morgan fingerprint density at radius 3 is 2.13 bits per heavy atom. The fraction of sp³-hybridized carbons (Fsp3) is 0.889. The summed E-state index contributed by atoms with van der Waals surface area (Å²) in [5.41, 5.74) is -1.33. The molecule has 0 aromatic carbocycles. The highest BCUT2D eigenvalue weighted by molar-refractivity contribution is 7.90. The van der Waals surface area contributed by atoms with Crippen molar-refractivity contribution >= 4 is 16.0 Å². The number of sulfonamides is 1. The van der Waals surface area contributed by atoms with E-state index in [4.69, 9.17) is 5.11 Å². The maximum absolute atomic E-state index is 11.7. The molecule has 0 atom stereocenters. The van der Waals surface area contributed by atoms with E-state index in [9.17, 15) is 13.2 Å². The molecule has 2 N–H and O–H groups in total. The lowest BCUT2D eigenvalue weighted by Crippen LogP contribution is -2.54. The van der Waals surface area contributed by atoms with Crippen LogP contribution in [0.15, 0.2) is 0 Å². The van der Waals surface area contributed by atoms with Crippen LogP contribution < -0.4 is 4.72 Å². The topological polar surface area (TPSA) is 83.5 Å². The van der Waals surface area contributed by atoms with Gasteiger partial charge < -0.3 is 5.11 Å². The third-order valence-electron chi connectivity index (χ3n) is 2.92. The summed E-state index contributed by atoms with van der Waals surface area (Å²) < 4.78 is 25.7. The van der Waals surface area contributed by atoms with Crippen LogP contribution in [0, 0.1) is 0 Å². The molecule has 1 aliphatic rings. The number of hydrogen-bond donors (Lipinski definition) is 2.